The van der Waals surface area contributed by atoms with Gasteiger partial charge in [-0.05, 0) is 42.2 Å². The first-order valence-electron chi connectivity index (χ1n) is 10.0. The van der Waals surface area contributed by atoms with Gasteiger partial charge in [0.1, 0.15) is 0 Å². The van der Waals surface area contributed by atoms with E-state index >= 15 is 0 Å². The van der Waals surface area contributed by atoms with Crippen LogP contribution in [0.5, 0.6) is 0 Å². The molecule has 0 spiro atoms. The minimum Gasteiger partial charge on any atom is -0.342 e. The summed E-state index contributed by atoms with van der Waals surface area (Å²) < 4.78 is 0. The van der Waals surface area contributed by atoms with Gasteiger partial charge in [0.2, 0.25) is 11.8 Å². The zero-order valence-corrected chi connectivity index (χ0v) is 16.5. The van der Waals surface area contributed by atoms with Crippen LogP contribution >= 0.6 is 0 Å². The SMILES string of the molecule is CC(=O)N1C[C@H]2CN(C(=O)CCc3ccncc3)C[C@H]2[C@H]1c1ccccc1C. The molecule has 1 aromatic carbocycles. The molecule has 3 atom stereocenters. The van der Waals surface area contributed by atoms with Gasteiger partial charge in [-0.15, -0.1) is 0 Å². The average molecular weight is 377 g/mol. The molecule has 2 fully saturated rings. The van der Waals surface area contributed by atoms with Crippen LogP contribution in [0.3, 0.4) is 0 Å². The van der Waals surface area contributed by atoms with Crippen LogP contribution in [0, 0.1) is 18.8 Å². The Morgan fingerprint density at radius 3 is 2.54 bits per heavy atom. The van der Waals surface area contributed by atoms with E-state index in [2.05, 4.69) is 24.0 Å². The molecule has 0 radical (unpaired) electrons. The maximum Gasteiger partial charge on any atom is 0.222 e. The van der Waals surface area contributed by atoms with Gasteiger partial charge in [0.15, 0.2) is 0 Å². The minimum absolute atomic E-state index is 0.0710. The van der Waals surface area contributed by atoms with Gasteiger partial charge >= 0.3 is 0 Å². The summed E-state index contributed by atoms with van der Waals surface area (Å²) in [5.41, 5.74) is 3.57. The summed E-state index contributed by atoms with van der Waals surface area (Å²) >= 11 is 0. The third-order valence-electron chi connectivity index (χ3n) is 6.31. The van der Waals surface area contributed by atoms with Crippen molar-refractivity contribution in [3.8, 4) is 0 Å². The van der Waals surface area contributed by atoms with Crippen LogP contribution < -0.4 is 0 Å². The monoisotopic (exact) mass is 377 g/mol. The number of amides is 2. The van der Waals surface area contributed by atoms with E-state index in [9.17, 15) is 9.59 Å². The molecule has 3 heterocycles. The van der Waals surface area contributed by atoms with Crippen LogP contribution in [0.15, 0.2) is 48.8 Å². The van der Waals surface area contributed by atoms with Crippen LogP contribution in [-0.4, -0.2) is 46.2 Å². The molecule has 2 aromatic rings. The fourth-order valence-electron chi connectivity index (χ4n) is 4.85. The fraction of sp³-hybridized carbons (Fsp3) is 0.435. The first kappa shape index (κ1) is 18.7. The number of carbonyl (C=O) groups is 2. The van der Waals surface area contributed by atoms with Crippen molar-refractivity contribution in [1.29, 1.82) is 0 Å². The molecule has 146 valence electrons. The van der Waals surface area contributed by atoms with Crippen LogP contribution in [0.1, 0.15) is 36.1 Å². The van der Waals surface area contributed by atoms with E-state index in [1.165, 1.54) is 11.1 Å². The molecule has 0 bridgehead atoms. The second-order valence-corrected chi connectivity index (χ2v) is 8.05. The molecule has 0 aliphatic carbocycles. The van der Waals surface area contributed by atoms with Gasteiger partial charge in [-0.3, -0.25) is 14.6 Å². The lowest BCUT2D eigenvalue weighted by atomic mass is 9.87. The van der Waals surface area contributed by atoms with Crippen LogP contribution in [0.2, 0.25) is 0 Å². The standard InChI is InChI=1S/C23H27N3O2/c1-16-5-3-4-6-20(16)23-21-15-25(13-19(21)14-26(23)17(2)27)22(28)8-7-18-9-11-24-12-10-18/h3-6,9-12,19,21,23H,7-8,13-15H2,1-2H3/t19-,21-,23-/m1/s1. The number of aromatic nitrogens is 1. The summed E-state index contributed by atoms with van der Waals surface area (Å²) in [5, 5.41) is 0. The Labute approximate surface area is 166 Å². The zero-order valence-electron chi connectivity index (χ0n) is 16.5. The highest BCUT2D eigenvalue weighted by molar-refractivity contribution is 5.77. The topological polar surface area (TPSA) is 53.5 Å². The quantitative estimate of drug-likeness (QED) is 0.823. The summed E-state index contributed by atoms with van der Waals surface area (Å²) in [6, 6.07) is 12.3. The van der Waals surface area contributed by atoms with Gasteiger partial charge in [-0.1, -0.05) is 24.3 Å². The predicted molar refractivity (Wildman–Crippen MR) is 107 cm³/mol. The smallest absolute Gasteiger partial charge is 0.222 e. The molecule has 0 N–H and O–H groups in total. The highest BCUT2D eigenvalue weighted by atomic mass is 16.2. The highest BCUT2D eigenvalue weighted by Crippen LogP contribution is 2.45. The first-order chi connectivity index (χ1) is 13.5. The Bertz CT molecular complexity index is 867. The number of likely N-dealkylation sites (tertiary alicyclic amines) is 2. The lowest BCUT2D eigenvalue weighted by molar-refractivity contribution is -0.131. The second kappa shape index (κ2) is 7.74. The van der Waals surface area contributed by atoms with E-state index < -0.39 is 0 Å². The number of fused-ring (bicyclic) bond motifs is 1. The van der Waals surface area contributed by atoms with E-state index in [4.69, 9.17) is 0 Å². The molecule has 0 saturated carbocycles. The first-order valence-corrected chi connectivity index (χ1v) is 10.0. The van der Waals surface area contributed by atoms with Gasteiger partial charge in [0.25, 0.3) is 0 Å². The maximum absolute atomic E-state index is 12.8. The number of hydrogen-bond acceptors (Lipinski definition) is 3. The van der Waals surface area contributed by atoms with Crippen molar-refractivity contribution in [2.24, 2.45) is 11.8 Å². The Kier molecular flexibility index (Phi) is 5.16. The Morgan fingerprint density at radius 2 is 1.82 bits per heavy atom. The summed E-state index contributed by atoms with van der Waals surface area (Å²) in [7, 11) is 0. The molecule has 1 aromatic heterocycles. The van der Waals surface area contributed by atoms with Gasteiger partial charge in [-0.2, -0.15) is 0 Å². The van der Waals surface area contributed by atoms with Gasteiger partial charge in [-0.25, -0.2) is 0 Å². The third-order valence-corrected chi connectivity index (χ3v) is 6.31. The van der Waals surface area contributed by atoms with Crippen molar-refractivity contribution in [3.05, 3.63) is 65.5 Å². The van der Waals surface area contributed by atoms with Crippen molar-refractivity contribution in [1.82, 2.24) is 14.8 Å². The summed E-state index contributed by atoms with van der Waals surface area (Å²) in [4.78, 5) is 33.1. The molecular formula is C23H27N3O2. The van der Waals surface area contributed by atoms with Gasteiger partial charge in [0.05, 0.1) is 6.04 Å². The third kappa shape index (κ3) is 3.53. The van der Waals surface area contributed by atoms with E-state index in [0.717, 1.165) is 31.6 Å². The molecule has 2 aliphatic rings. The second-order valence-electron chi connectivity index (χ2n) is 8.05. The van der Waals surface area contributed by atoms with E-state index in [0.29, 0.717) is 18.3 Å². The fourth-order valence-corrected chi connectivity index (χ4v) is 4.85. The zero-order chi connectivity index (χ0) is 19.7. The van der Waals surface area contributed by atoms with Crippen molar-refractivity contribution in [2.75, 3.05) is 19.6 Å². The number of carbonyl (C=O) groups excluding carboxylic acids is 2. The molecule has 2 aliphatic heterocycles. The van der Waals surface area contributed by atoms with E-state index in [1.807, 2.05) is 34.1 Å². The molecule has 2 amide bonds. The largest absolute Gasteiger partial charge is 0.342 e. The number of pyridine rings is 1. The van der Waals surface area contributed by atoms with Crippen molar-refractivity contribution in [2.45, 2.75) is 32.7 Å². The maximum atomic E-state index is 12.8. The van der Waals surface area contributed by atoms with Crippen LogP contribution in [-0.2, 0) is 16.0 Å². The van der Waals surface area contributed by atoms with E-state index in [-0.39, 0.29) is 17.9 Å². The lowest BCUT2D eigenvalue weighted by Gasteiger charge is -2.30. The molecule has 5 heteroatoms. The molecule has 4 rings (SSSR count). The number of benzene rings is 1. The van der Waals surface area contributed by atoms with E-state index in [1.54, 1.807) is 19.3 Å². The Hall–Kier alpha value is -2.69. The summed E-state index contributed by atoms with van der Waals surface area (Å²) in [6.07, 6.45) is 4.80. The van der Waals surface area contributed by atoms with Crippen molar-refractivity contribution >= 4 is 11.8 Å². The molecule has 2 saturated heterocycles. The van der Waals surface area contributed by atoms with Gasteiger partial charge in [0, 0.05) is 57.2 Å². The average Bonchev–Trinajstić information content (AvgIpc) is 3.26. The molecule has 5 nitrogen and oxygen atoms in total. The molecule has 28 heavy (non-hydrogen) atoms. The summed E-state index contributed by atoms with van der Waals surface area (Å²) in [5.74, 6) is 1.01. The highest BCUT2D eigenvalue weighted by Gasteiger charge is 2.49. The Balaban J connectivity index is 1.48. The minimum atomic E-state index is 0.0710. The molecular weight excluding hydrogens is 350 g/mol. The summed E-state index contributed by atoms with van der Waals surface area (Å²) in [6.45, 7) is 6.00. The van der Waals surface area contributed by atoms with Gasteiger partial charge < -0.3 is 9.80 Å². The number of rotatable bonds is 4. The molecule has 0 unspecified atom stereocenters. The number of aryl methyl sites for hydroxylation is 2. The van der Waals surface area contributed by atoms with Crippen LogP contribution in [0.4, 0.5) is 0 Å². The van der Waals surface area contributed by atoms with Crippen molar-refractivity contribution < 1.29 is 9.59 Å². The number of hydrogen-bond donors (Lipinski definition) is 0. The van der Waals surface area contributed by atoms with Crippen molar-refractivity contribution in [3.63, 3.8) is 0 Å². The normalized spacial score (nSPS) is 23.7. The number of nitrogens with zero attached hydrogens (tertiary/aromatic N) is 3. The Morgan fingerprint density at radius 1 is 1.07 bits per heavy atom. The predicted octanol–water partition coefficient (Wildman–Crippen LogP) is 3.00. The van der Waals surface area contributed by atoms with Crippen LogP contribution in [0.25, 0.3) is 0 Å². The lowest BCUT2D eigenvalue weighted by Crippen LogP contribution is -2.36.